The predicted molar refractivity (Wildman–Crippen MR) is 102 cm³/mol. The van der Waals surface area contributed by atoms with Crippen molar-refractivity contribution >= 4 is 75.1 Å². The zero-order valence-corrected chi connectivity index (χ0v) is 17.9. The largest absolute Gasteiger partial charge is 0.306 e. The monoisotopic (exact) mass is 543 g/mol. The Bertz CT molecular complexity index is 577. The molecule has 1 unspecified atom stereocenters. The fourth-order valence-corrected chi connectivity index (χ4v) is 6.22. The number of hydrogen-bond acceptors (Lipinski definition) is 2. The normalized spacial score (nSPS) is 12.7. The van der Waals surface area contributed by atoms with E-state index in [0.29, 0.717) is 0 Å². The zero-order valence-electron chi connectivity index (χ0n) is 10.7. The van der Waals surface area contributed by atoms with Crippen LogP contribution in [0.15, 0.2) is 40.8 Å². The van der Waals surface area contributed by atoms with Gasteiger partial charge in [-0.25, -0.2) is 0 Å². The molecule has 108 valence electrons. The maximum atomic E-state index is 3.67. The minimum Gasteiger partial charge on any atom is -0.306 e. The lowest BCUT2D eigenvalue weighted by molar-refractivity contribution is 0.598. The number of hydrogen-bond donors (Lipinski definition) is 1. The van der Waals surface area contributed by atoms with Crippen LogP contribution in [0.5, 0.6) is 0 Å². The van der Waals surface area contributed by atoms with Crippen molar-refractivity contribution < 1.29 is 0 Å². The van der Waals surface area contributed by atoms with Gasteiger partial charge in [-0.15, -0.1) is 11.3 Å². The molecule has 1 aromatic carbocycles. The molecule has 0 aliphatic carbocycles. The van der Waals surface area contributed by atoms with E-state index in [-0.39, 0.29) is 6.04 Å². The van der Waals surface area contributed by atoms with Gasteiger partial charge in [0, 0.05) is 8.95 Å². The van der Waals surface area contributed by atoms with Gasteiger partial charge in [0.05, 0.1) is 13.6 Å². The van der Waals surface area contributed by atoms with Gasteiger partial charge in [0.25, 0.3) is 0 Å². The standard InChI is InChI=1S/C14H13Br4NS/c1-2-3-19-13(11-7-12(17)20-14(11)18)8-4-9(15)6-10(16)5-8/h4-7,13,19H,2-3H2,1H3. The summed E-state index contributed by atoms with van der Waals surface area (Å²) in [5.74, 6) is 0. The summed E-state index contributed by atoms with van der Waals surface area (Å²) in [4.78, 5) is 0. The lowest BCUT2D eigenvalue weighted by atomic mass is 10.0. The molecule has 0 aliphatic heterocycles. The summed E-state index contributed by atoms with van der Waals surface area (Å²) in [6.07, 6.45) is 1.11. The smallest absolute Gasteiger partial charge is 0.0761 e. The van der Waals surface area contributed by atoms with Gasteiger partial charge in [0.2, 0.25) is 0 Å². The molecule has 0 saturated heterocycles. The number of thiophene rings is 1. The molecule has 2 rings (SSSR count). The fraction of sp³-hybridized carbons (Fsp3) is 0.286. The summed E-state index contributed by atoms with van der Waals surface area (Å²) in [6, 6.07) is 8.74. The zero-order chi connectivity index (χ0) is 14.7. The van der Waals surface area contributed by atoms with E-state index in [4.69, 9.17) is 0 Å². The van der Waals surface area contributed by atoms with Crippen LogP contribution in [-0.2, 0) is 0 Å². The maximum absolute atomic E-state index is 3.67. The lowest BCUT2D eigenvalue weighted by Crippen LogP contribution is -2.23. The maximum Gasteiger partial charge on any atom is 0.0761 e. The highest BCUT2D eigenvalue weighted by molar-refractivity contribution is 9.12. The van der Waals surface area contributed by atoms with E-state index in [9.17, 15) is 0 Å². The van der Waals surface area contributed by atoms with Crippen molar-refractivity contribution in [2.24, 2.45) is 0 Å². The Morgan fingerprint density at radius 1 is 1.05 bits per heavy atom. The average Bonchev–Trinajstić information content (AvgIpc) is 2.68. The summed E-state index contributed by atoms with van der Waals surface area (Å²) in [6.45, 7) is 3.16. The molecule has 0 amide bonds. The van der Waals surface area contributed by atoms with Crippen molar-refractivity contribution in [1.29, 1.82) is 0 Å². The molecule has 1 aromatic heterocycles. The molecule has 0 spiro atoms. The van der Waals surface area contributed by atoms with Crippen LogP contribution < -0.4 is 5.32 Å². The first-order valence-corrected chi connectivity index (χ1v) is 10.1. The Labute approximate surface area is 157 Å². The van der Waals surface area contributed by atoms with E-state index in [0.717, 1.165) is 29.5 Å². The fourth-order valence-electron chi connectivity index (χ4n) is 1.99. The van der Waals surface area contributed by atoms with Gasteiger partial charge in [0.15, 0.2) is 0 Å². The SMILES string of the molecule is CCCNC(c1cc(Br)cc(Br)c1)c1cc(Br)sc1Br. The molecule has 0 bridgehead atoms. The Kier molecular flexibility index (Phi) is 6.76. The van der Waals surface area contributed by atoms with Crippen LogP contribution in [0.4, 0.5) is 0 Å². The highest BCUT2D eigenvalue weighted by atomic mass is 79.9. The third-order valence-electron chi connectivity index (χ3n) is 2.81. The second-order valence-electron chi connectivity index (χ2n) is 4.37. The Hall–Kier alpha value is 0.800. The summed E-state index contributed by atoms with van der Waals surface area (Å²) in [7, 11) is 0. The van der Waals surface area contributed by atoms with Gasteiger partial charge in [-0.3, -0.25) is 0 Å². The Morgan fingerprint density at radius 3 is 2.20 bits per heavy atom. The number of rotatable bonds is 5. The van der Waals surface area contributed by atoms with Crippen molar-refractivity contribution in [2.45, 2.75) is 19.4 Å². The van der Waals surface area contributed by atoms with Gasteiger partial charge in [-0.2, -0.15) is 0 Å². The molecule has 2 aromatic rings. The number of halogens is 4. The molecule has 20 heavy (non-hydrogen) atoms. The minimum atomic E-state index is 0.181. The Balaban J connectivity index is 2.43. The highest BCUT2D eigenvalue weighted by Gasteiger charge is 2.19. The third-order valence-corrected chi connectivity index (χ3v) is 6.11. The van der Waals surface area contributed by atoms with E-state index in [1.54, 1.807) is 11.3 Å². The summed E-state index contributed by atoms with van der Waals surface area (Å²) in [5, 5.41) is 3.62. The van der Waals surface area contributed by atoms with Gasteiger partial charge >= 0.3 is 0 Å². The summed E-state index contributed by atoms with van der Waals surface area (Å²) < 4.78 is 4.46. The first-order chi connectivity index (χ1) is 9.51. The summed E-state index contributed by atoms with van der Waals surface area (Å²) in [5.41, 5.74) is 2.51. The van der Waals surface area contributed by atoms with Crippen LogP contribution in [-0.4, -0.2) is 6.54 Å². The first-order valence-electron chi connectivity index (χ1n) is 6.15. The lowest BCUT2D eigenvalue weighted by Gasteiger charge is -2.19. The van der Waals surface area contributed by atoms with Crippen molar-refractivity contribution in [3.05, 3.63) is 51.9 Å². The highest BCUT2D eigenvalue weighted by Crippen LogP contribution is 2.39. The number of nitrogens with one attached hydrogen (secondary N) is 1. The molecule has 0 aliphatic rings. The molecule has 1 atom stereocenters. The van der Waals surface area contributed by atoms with E-state index < -0.39 is 0 Å². The van der Waals surface area contributed by atoms with Crippen LogP contribution in [0, 0.1) is 0 Å². The van der Waals surface area contributed by atoms with Crippen molar-refractivity contribution in [1.82, 2.24) is 5.32 Å². The third kappa shape index (κ3) is 4.40. The quantitative estimate of drug-likeness (QED) is 0.431. The van der Waals surface area contributed by atoms with Gasteiger partial charge in [-0.05, 0) is 80.2 Å². The van der Waals surface area contributed by atoms with Crippen molar-refractivity contribution in [3.63, 3.8) is 0 Å². The van der Waals surface area contributed by atoms with Gasteiger partial charge in [-0.1, -0.05) is 38.8 Å². The van der Waals surface area contributed by atoms with Crippen LogP contribution in [0.3, 0.4) is 0 Å². The van der Waals surface area contributed by atoms with Gasteiger partial charge < -0.3 is 5.32 Å². The second-order valence-corrected chi connectivity index (χ2v) is 9.95. The molecule has 0 radical (unpaired) electrons. The van der Waals surface area contributed by atoms with E-state index in [2.05, 4.69) is 100 Å². The molecule has 1 heterocycles. The molecular formula is C14H13Br4NS. The second kappa shape index (κ2) is 7.88. The van der Waals surface area contributed by atoms with E-state index >= 15 is 0 Å². The summed E-state index contributed by atoms with van der Waals surface area (Å²) >= 11 is 16.1. The average molecular weight is 547 g/mol. The van der Waals surface area contributed by atoms with E-state index in [1.807, 2.05) is 0 Å². The predicted octanol–water partition coefficient (Wildman–Crippen LogP) is 6.89. The molecule has 1 N–H and O–H groups in total. The van der Waals surface area contributed by atoms with Crippen LogP contribution in [0.25, 0.3) is 0 Å². The van der Waals surface area contributed by atoms with Crippen LogP contribution >= 0.6 is 75.1 Å². The van der Waals surface area contributed by atoms with Crippen molar-refractivity contribution in [3.8, 4) is 0 Å². The van der Waals surface area contributed by atoms with Gasteiger partial charge in [0.1, 0.15) is 0 Å². The molecular weight excluding hydrogens is 534 g/mol. The first kappa shape index (κ1) is 17.2. The Morgan fingerprint density at radius 2 is 1.70 bits per heavy atom. The minimum absolute atomic E-state index is 0.181. The molecule has 0 fully saturated rings. The van der Waals surface area contributed by atoms with Crippen LogP contribution in [0.1, 0.15) is 30.5 Å². The molecule has 0 saturated carbocycles. The van der Waals surface area contributed by atoms with E-state index in [1.165, 1.54) is 11.1 Å². The molecule has 1 nitrogen and oxygen atoms in total. The topological polar surface area (TPSA) is 12.0 Å². The van der Waals surface area contributed by atoms with Crippen molar-refractivity contribution in [2.75, 3.05) is 6.54 Å². The van der Waals surface area contributed by atoms with Crippen LogP contribution in [0.2, 0.25) is 0 Å². The molecule has 6 heteroatoms. The number of benzene rings is 1.